The van der Waals surface area contributed by atoms with E-state index in [9.17, 15) is 9.59 Å². The Morgan fingerprint density at radius 3 is 2.60 bits per heavy atom. The molecule has 0 bridgehead atoms. The van der Waals surface area contributed by atoms with Gasteiger partial charge in [-0.3, -0.25) is 19.6 Å². The van der Waals surface area contributed by atoms with E-state index in [0.29, 0.717) is 28.6 Å². The number of hydrogen-bond donors (Lipinski definition) is 3. The first-order valence-corrected chi connectivity index (χ1v) is 9.34. The zero-order chi connectivity index (χ0) is 20.9. The summed E-state index contributed by atoms with van der Waals surface area (Å²) >= 11 is 0. The monoisotopic (exact) mass is 397 g/mol. The van der Waals surface area contributed by atoms with Gasteiger partial charge in [0, 0.05) is 41.0 Å². The third-order valence-corrected chi connectivity index (χ3v) is 4.48. The molecule has 4 aromatic rings. The van der Waals surface area contributed by atoms with Crippen molar-refractivity contribution >= 4 is 23.2 Å². The molecule has 0 atom stereocenters. The maximum absolute atomic E-state index is 12.4. The highest BCUT2D eigenvalue weighted by molar-refractivity contribution is 6.04. The molecule has 0 saturated heterocycles. The number of anilines is 3. The number of carbonyl (C=O) groups excluding carboxylic acids is 1. The molecular weight excluding hydrogens is 378 g/mol. The molecular formula is C23H19N5O2. The number of hydrogen-bond acceptors (Lipinski definition) is 5. The van der Waals surface area contributed by atoms with Crippen molar-refractivity contribution in [2.24, 2.45) is 0 Å². The van der Waals surface area contributed by atoms with Gasteiger partial charge in [-0.25, -0.2) is 4.98 Å². The van der Waals surface area contributed by atoms with Crippen molar-refractivity contribution in [3.05, 3.63) is 101 Å². The summed E-state index contributed by atoms with van der Waals surface area (Å²) in [6, 6.07) is 19.5. The van der Waals surface area contributed by atoms with E-state index >= 15 is 0 Å². The Balaban J connectivity index is 1.59. The van der Waals surface area contributed by atoms with E-state index in [1.54, 1.807) is 36.7 Å². The predicted molar refractivity (Wildman–Crippen MR) is 117 cm³/mol. The van der Waals surface area contributed by atoms with Crippen LogP contribution in [-0.4, -0.2) is 20.9 Å². The van der Waals surface area contributed by atoms with Crippen molar-refractivity contribution in [2.75, 3.05) is 10.6 Å². The summed E-state index contributed by atoms with van der Waals surface area (Å²) in [6.07, 6.45) is 3.31. The molecule has 0 fully saturated rings. The Hall–Kier alpha value is -4.26. The second-order valence-corrected chi connectivity index (χ2v) is 6.70. The predicted octanol–water partition coefficient (Wildman–Crippen LogP) is 4.14. The number of nitrogens with zero attached hydrogens (tertiary/aromatic N) is 2. The molecule has 0 radical (unpaired) electrons. The van der Waals surface area contributed by atoms with Crippen LogP contribution in [0.5, 0.6) is 0 Å². The Bertz CT molecular complexity index is 1240. The largest absolute Gasteiger partial charge is 0.325 e. The molecule has 7 nitrogen and oxygen atoms in total. The number of pyridine rings is 1. The molecule has 2 aromatic heterocycles. The number of aromatic nitrogens is 3. The third-order valence-electron chi connectivity index (χ3n) is 4.48. The fourth-order valence-corrected chi connectivity index (χ4v) is 2.93. The highest BCUT2D eigenvalue weighted by Crippen LogP contribution is 2.24. The number of aromatic amines is 1. The van der Waals surface area contributed by atoms with Gasteiger partial charge in [0.1, 0.15) is 0 Å². The molecule has 2 heterocycles. The summed E-state index contributed by atoms with van der Waals surface area (Å²) in [5, 5.41) is 6.02. The normalized spacial score (nSPS) is 10.4. The van der Waals surface area contributed by atoms with Gasteiger partial charge in [-0.1, -0.05) is 24.3 Å². The summed E-state index contributed by atoms with van der Waals surface area (Å²) in [5.74, 6) is 0.103. The minimum absolute atomic E-state index is 0.199. The van der Waals surface area contributed by atoms with E-state index in [1.165, 1.54) is 6.07 Å². The zero-order valence-corrected chi connectivity index (χ0v) is 16.2. The maximum Gasteiger partial charge on any atom is 0.255 e. The van der Waals surface area contributed by atoms with Crippen LogP contribution >= 0.6 is 0 Å². The number of rotatable bonds is 5. The summed E-state index contributed by atoms with van der Waals surface area (Å²) in [6.45, 7) is 1.92. The van der Waals surface area contributed by atoms with Crippen LogP contribution in [0.1, 0.15) is 15.9 Å². The van der Waals surface area contributed by atoms with Crippen LogP contribution in [0.3, 0.4) is 0 Å². The van der Waals surface area contributed by atoms with Crippen LogP contribution in [0.4, 0.5) is 17.3 Å². The van der Waals surface area contributed by atoms with Crippen molar-refractivity contribution in [1.82, 2.24) is 15.0 Å². The van der Waals surface area contributed by atoms with E-state index in [2.05, 4.69) is 25.6 Å². The van der Waals surface area contributed by atoms with Crippen LogP contribution in [0.25, 0.3) is 11.3 Å². The zero-order valence-electron chi connectivity index (χ0n) is 16.2. The number of benzene rings is 2. The second-order valence-electron chi connectivity index (χ2n) is 6.70. The number of amides is 1. The van der Waals surface area contributed by atoms with Gasteiger partial charge in [0.05, 0.1) is 5.69 Å². The molecule has 30 heavy (non-hydrogen) atoms. The van der Waals surface area contributed by atoms with Crippen molar-refractivity contribution in [2.45, 2.75) is 6.92 Å². The Morgan fingerprint density at radius 1 is 1.00 bits per heavy atom. The average molecular weight is 397 g/mol. The molecule has 0 spiro atoms. The lowest BCUT2D eigenvalue weighted by molar-refractivity contribution is 0.102. The van der Waals surface area contributed by atoms with Crippen LogP contribution < -0.4 is 16.2 Å². The van der Waals surface area contributed by atoms with Gasteiger partial charge in [0.25, 0.3) is 11.5 Å². The summed E-state index contributed by atoms with van der Waals surface area (Å²) in [5.41, 5.74) is 3.82. The minimum atomic E-state index is -0.280. The van der Waals surface area contributed by atoms with Crippen molar-refractivity contribution < 1.29 is 4.79 Å². The van der Waals surface area contributed by atoms with Crippen molar-refractivity contribution in [1.29, 1.82) is 0 Å². The Morgan fingerprint density at radius 2 is 1.83 bits per heavy atom. The minimum Gasteiger partial charge on any atom is -0.325 e. The molecule has 3 N–H and O–H groups in total. The fraction of sp³-hybridized carbons (Fsp3) is 0.0435. The van der Waals surface area contributed by atoms with Gasteiger partial charge in [-0.2, -0.15) is 0 Å². The molecule has 0 aliphatic rings. The standard InChI is InChI=1S/C23H19N5O2/c1-15-9-10-18(25-22(30)16-6-3-2-4-7-16)12-19(15)26-23-27-20(13-21(29)28-23)17-8-5-11-24-14-17/h2-14H,1H3,(H,25,30)(H2,26,27,28,29). The molecule has 0 unspecified atom stereocenters. The van der Waals surface area contributed by atoms with E-state index in [0.717, 1.165) is 11.1 Å². The number of H-pyrrole nitrogens is 1. The number of aryl methyl sites for hydroxylation is 1. The lowest BCUT2D eigenvalue weighted by Crippen LogP contribution is -2.13. The molecule has 1 amide bonds. The lowest BCUT2D eigenvalue weighted by Gasteiger charge is -2.12. The molecule has 148 valence electrons. The number of carbonyl (C=O) groups is 1. The van der Waals surface area contributed by atoms with Crippen LogP contribution in [0.2, 0.25) is 0 Å². The van der Waals surface area contributed by atoms with Crippen LogP contribution in [0, 0.1) is 6.92 Å². The highest BCUT2D eigenvalue weighted by atomic mass is 16.1. The van der Waals surface area contributed by atoms with Gasteiger partial charge in [0.15, 0.2) is 0 Å². The van der Waals surface area contributed by atoms with E-state index in [-0.39, 0.29) is 11.5 Å². The Labute approximate surface area is 172 Å². The molecule has 4 rings (SSSR count). The first-order chi connectivity index (χ1) is 14.6. The highest BCUT2D eigenvalue weighted by Gasteiger charge is 2.09. The van der Waals surface area contributed by atoms with Crippen LogP contribution in [0.15, 0.2) is 83.9 Å². The van der Waals surface area contributed by atoms with Gasteiger partial charge in [0.2, 0.25) is 5.95 Å². The van der Waals surface area contributed by atoms with Gasteiger partial charge in [-0.05, 0) is 48.9 Å². The van der Waals surface area contributed by atoms with E-state index < -0.39 is 0 Å². The molecule has 0 aliphatic carbocycles. The van der Waals surface area contributed by atoms with Crippen molar-refractivity contribution in [3.8, 4) is 11.3 Å². The van der Waals surface area contributed by atoms with Gasteiger partial charge >= 0.3 is 0 Å². The smallest absolute Gasteiger partial charge is 0.255 e. The van der Waals surface area contributed by atoms with Crippen molar-refractivity contribution in [3.63, 3.8) is 0 Å². The van der Waals surface area contributed by atoms with E-state index in [4.69, 9.17) is 0 Å². The molecule has 2 aromatic carbocycles. The molecule has 7 heteroatoms. The van der Waals surface area contributed by atoms with E-state index in [1.807, 2.05) is 43.3 Å². The van der Waals surface area contributed by atoms with Crippen LogP contribution in [-0.2, 0) is 0 Å². The van der Waals surface area contributed by atoms with Gasteiger partial charge in [-0.15, -0.1) is 0 Å². The SMILES string of the molecule is Cc1ccc(NC(=O)c2ccccc2)cc1Nc1nc(-c2cccnc2)cc(=O)[nH]1. The third kappa shape index (κ3) is 4.41. The van der Waals surface area contributed by atoms with Gasteiger partial charge < -0.3 is 10.6 Å². The molecule has 0 aliphatic heterocycles. The average Bonchev–Trinajstić information content (AvgIpc) is 2.77. The topological polar surface area (TPSA) is 99.8 Å². The summed E-state index contributed by atoms with van der Waals surface area (Å²) in [4.78, 5) is 35.8. The lowest BCUT2D eigenvalue weighted by atomic mass is 10.1. The maximum atomic E-state index is 12.4. The first-order valence-electron chi connectivity index (χ1n) is 9.34. The quantitative estimate of drug-likeness (QED) is 0.470. The molecule has 0 saturated carbocycles. The second kappa shape index (κ2) is 8.40. The first kappa shape index (κ1) is 19.1. The summed E-state index contributed by atoms with van der Waals surface area (Å²) in [7, 11) is 0. The fourth-order valence-electron chi connectivity index (χ4n) is 2.93. The number of nitrogens with one attached hydrogen (secondary N) is 3. The summed E-state index contributed by atoms with van der Waals surface area (Å²) < 4.78 is 0. The Kier molecular flexibility index (Phi) is 5.34.